The molecule has 1 aromatic heterocycles. The standard InChI is InChI=1S/C14H17N3O2S/c1-20(18,19)13-6-2-10(3-7-13)14-8-12(16-17-14)9-15-11-4-5-11/h2-3,6-8,11,15H,4-5,9H2,1H3,(H,16,17). The van der Waals surface area contributed by atoms with Crippen LogP contribution in [0, 0.1) is 0 Å². The van der Waals surface area contributed by atoms with Crippen molar-refractivity contribution in [3.05, 3.63) is 36.0 Å². The van der Waals surface area contributed by atoms with E-state index in [9.17, 15) is 8.42 Å². The van der Waals surface area contributed by atoms with E-state index < -0.39 is 9.84 Å². The van der Waals surface area contributed by atoms with Gasteiger partial charge in [-0.05, 0) is 31.0 Å². The van der Waals surface area contributed by atoms with Gasteiger partial charge in [0.15, 0.2) is 9.84 Å². The highest BCUT2D eigenvalue weighted by atomic mass is 32.2. The van der Waals surface area contributed by atoms with E-state index in [0.29, 0.717) is 10.9 Å². The van der Waals surface area contributed by atoms with Gasteiger partial charge in [0.05, 0.1) is 10.6 Å². The fraction of sp³-hybridized carbons (Fsp3) is 0.357. The summed E-state index contributed by atoms with van der Waals surface area (Å²) >= 11 is 0. The highest BCUT2D eigenvalue weighted by Gasteiger charge is 2.20. The third-order valence-electron chi connectivity index (χ3n) is 3.37. The molecular formula is C14H17N3O2S. The highest BCUT2D eigenvalue weighted by Crippen LogP contribution is 2.22. The van der Waals surface area contributed by atoms with Crippen molar-refractivity contribution in [2.75, 3.05) is 6.26 Å². The first-order valence-corrected chi connectivity index (χ1v) is 8.50. The van der Waals surface area contributed by atoms with Crippen molar-refractivity contribution in [2.24, 2.45) is 0 Å². The fourth-order valence-electron chi connectivity index (χ4n) is 2.01. The minimum atomic E-state index is -3.15. The molecule has 2 aromatic rings. The summed E-state index contributed by atoms with van der Waals surface area (Å²) in [6, 6.07) is 9.44. The van der Waals surface area contributed by atoms with Crippen LogP contribution < -0.4 is 5.32 Å². The van der Waals surface area contributed by atoms with Gasteiger partial charge in [-0.1, -0.05) is 12.1 Å². The SMILES string of the molecule is CS(=O)(=O)c1ccc(-c2cc(CNC3CC3)[nH]n2)cc1. The maximum atomic E-state index is 11.4. The van der Waals surface area contributed by atoms with Crippen LogP contribution in [0.2, 0.25) is 0 Å². The number of H-pyrrole nitrogens is 1. The van der Waals surface area contributed by atoms with E-state index in [4.69, 9.17) is 0 Å². The lowest BCUT2D eigenvalue weighted by atomic mass is 10.1. The fourth-order valence-corrected chi connectivity index (χ4v) is 2.65. The first-order valence-electron chi connectivity index (χ1n) is 6.60. The quantitative estimate of drug-likeness (QED) is 0.880. The number of sulfone groups is 1. The molecule has 0 amide bonds. The van der Waals surface area contributed by atoms with E-state index in [1.165, 1.54) is 19.1 Å². The summed E-state index contributed by atoms with van der Waals surface area (Å²) in [5.41, 5.74) is 2.78. The zero-order chi connectivity index (χ0) is 14.2. The van der Waals surface area contributed by atoms with Crippen LogP contribution >= 0.6 is 0 Å². The Labute approximate surface area is 118 Å². The van der Waals surface area contributed by atoms with Gasteiger partial charge in [0.2, 0.25) is 0 Å². The molecule has 1 heterocycles. The molecule has 2 N–H and O–H groups in total. The average Bonchev–Trinajstić information content (AvgIpc) is 3.13. The van der Waals surface area contributed by atoms with Crippen molar-refractivity contribution < 1.29 is 8.42 Å². The van der Waals surface area contributed by atoms with Gasteiger partial charge in [-0.15, -0.1) is 0 Å². The molecule has 20 heavy (non-hydrogen) atoms. The minimum absolute atomic E-state index is 0.326. The van der Waals surface area contributed by atoms with Gasteiger partial charge in [0.1, 0.15) is 0 Å². The first kappa shape index (κ1) is 13.3. The molecule has 3 rings (SSSR count). The number of hydrogen-bond donors (Lipinski definition) is 2. The summed E-state index contributed by atoms with van der Waals surface area (Å²) in [6.45, 7) is 0.791. The van der Waals surface area contributed by atoms with Gasteiger partial charge in [0, 0.05) is 30.1 Å². The van der Waals surface area contributed by atoms with Crippen LogP contribution in [0.3, 0.4) is 0 Å². The normalized spacial score (nSPS) is 15.4. The van der Waals surface area contributed by atoms with Crippen molar-refractivity contribution in [3.63, 3.8) is 0 Å². The van der Waals surface area contributed by atoms with Crippen molar-refractivity contribution in [1.29, 1.82) is 0 Å². The number of aromatic nitrogens is 2. The molecule has 1 fully saturated rings. The zero-order valence-corrected chi connectivity index (χ0v) is 12.1. The largest absolute Gasteiger partial charge is 0.308 e. The second-order valence-corrected chi connectivity index (χ2v) is 7.25. The van der Waals surface area contributed by atoms with Crippen molar-refractivity contribution in [2.45, 2.75) is 30.3 Å². The molecule has 6 heteroatoms. The Morgan fingerprint density at radius 3 is 2.60 bits per heavy atom. The molecule has 0 unspecified atom stereocenters. The third kappa shape index (κ3) is 3.08. The average molecular weight is 291 g/mol. The number of rotatable bonds is 5. The predicted molar refractivity (Wildman–Crippen MR) is 77.0 cm³/mol. The summed E-state index contributed by atoms with van der Waals surface area (Å²) in [5, 5.41) is 10.7. The Morgan fingerprint density at radius 1 is 1.30 bits per heavy atom. The molecule has 1 aromatic carbocycles. The molecule has 1 saturated carbocycles. The van der Waals surface area contributed by atoms with Gasteiger partial charge < -0.3 is 5.32 Å². The van der Waals surface area contributed by atoms with Crippen LogP contribution in [-0.4, -0.2) is 30.9 Å². The van der Waals surface area contributed by atoms with Crippen molar-refractivity contribution >= 4 is 9.84 Å². The van der Waals surface area contributed by atoms with Gasteiger partial charge >= 0.3 is 0 Å². The molecule has 0 saturated heterocycles. The molecule has 0 atom stereocenters. The summed E-state index contributed by atoms with van der Waals surface area (Å²) in [5.74, 6) is 0. The number of hydrogen-bond acceptors (Lipinski definition) is 4. The smallest absolute Gasteiger partial charge is 0.175 e. The Bertz CT molecular complexity index is 700. The van der Waals surface area contributed by atoms with Gasteiger partial charge in [-0.2, -0.15) is 5.10 Å². The van der Waals surface area contributed by atoms with Crippen molar-refractivity contribution in [1.82, 2.24) is 15.5 Å². The van der Waals surface area contributed by atoms with E-state index in [-0.39, 0.29) is 0 Å². The van der Waals surface area contributed by atoms with Gasteiger partial charge in [0.25, 0.3) is 0 Å². The van der Waals surface area contributed by atoms with Gasteiger partial charge in [-0.3, -0.25) is 5.10 Å². The summed E-state index contributed by atoms with van der Waals surface area (Å²) in [7, 11) is -3.15. The lowest BCUT2D eigenvalue weighted by molar-refractivity contribution is 0.602. The second-order valence-electron chi connectivity index (χ2n) is 5.23. The summed E-state index contributed by atoms with van der Waals surface area (Å²) in [4.78, 5) is 0.326. The lowest BCUT2D eigenvalue weighted by Gasteiger charge is -2.00. The van der Waals surface area contributed by atoms with Crippen LogP contribution in [0.5, 0.6) is 0 Å². The monoisotopic (exact) mass is 291 g/mol. The number of nitrogens with zero attached hydrogens (tertiary/aromatic N) is 1. The Kier molecular flexibility index (Phi) is 3.35. The van der Waals surface area contributed by atoms with Gasteiger partial charge in [-0.25, -0.2) is 8.42 Å². The molecule has 0 spiro atoms. The maximum absolute atomic E-state index is 11.4. The van der Waals surface area contributed by atoms with E-state index in [1.54, 1.807) is 24.3 Å². The first-order chi connectivity index (χ1) is 9.52. The zero-order valence-electron chi connectivity index (χ0n) is 11.3. The topological polar surface area (TPSA) is 74.8 Å². The molecule has 5 nitrogen and oxygen atoms in total. The molecule has 0 radical (unpaired) electrons. The minimum Gasteiger partial charge on any atom is -0.308 e. The Hall–Kier alpha value is -1.66. The Balaban J connectivity index is 1.75. The molecular weight excluding hydrogens is 274 g/mol. The van der Waals surface area contributed by atoms with E-state index >= 15 is 0 Å². The van der Waals surface area contributed by atoms with Crippen molar-refractivity contribution in [3.8, 4) is 11.3 Å². The predicted octanol–water partition coefficient (Wildman–Crippen LogP) is 1.73. The molecule has 106 valence electrons. The third-order valence-corrected chi connectivity index (χ3v) is 4.50. The van der Waals surface area contributed by atoms with E-state index in [0.717, 1.165) is 23.5 Å². The van der Waals surface area contributed by atoms with Crippen LogP contribution in [0.25, 0.3) is 11.3 Å². The summed E-state index contributed by atoms with van der Waals surface area (Å²) in [6.07, 6.45) is 3.72. The molecule has 0 aliphatic heterocycles. The second kappa shape index (κ2) is 5.03. The van der Waals surface area contributed by atoms with E-state index in [1.807, 2.05) is 6.07 Å². The number of nitrogens with one attached hydrogen (secondary N) is 2. The van der Waals surface area contributed by atoms with Crippen LogP contribution in [0.15, 0.2) is 35.2 Å². The van der Waals surface area contributed by atoms with Crippen LogP contribution in [-0.2, 0) is 16.4 Å². The molecule has 0 bridgehead atoms. The van der Waals surface area contributed by atoms with Crippen LogP contribution in [0.4, 0.5) is 0 Å². The van der Waals surface area contributed by atoms with E-state index in [2.05, 4.69) is 15.5 Å². The highest BCUT2D eigenvalue weighted by molar-refractivity contribution is 7.90. The van der Waals surface area contributed by atoms with Crippen LogP contribution in [0.1, 0.15) is 18.5 Å². The molecule has 1 aliphatic carbocycles. The number of benzene rings is 1. The molecule has 1 aliphatic rings. The number of aromatic amines is 1. The maximum Gasteiger partial charge on any atom is 0.175 e. The Morgan fingerprint density at radius 2 is 2.00 bits per heavy atom. The summed E-state index contributed by atoms with van der Waals surface area (Å²) < 4.78 is 22.8. The lowest BCUT2D eigenvalue weighted by Crippen LogP contribution is -2.15.